The molecule has 1 saturated heterocycles. The lowest BCUT2D eigenvalue weighted by atomic mass is 9.99. The lowest BCUT2D eigenvalue weighted by Gasteiger charge is -2.41. The summed E-state index contributed by atoms with van der Waals surface area (Å²) < 4.78 is 17.5. The Labute approximate surface area is 429 Å². The molecular formula is C60H95NO10. The van der Waals surface area contributed by atoms with Crippen molar-refractivity contribution in [2.75, 3.05) is 13.2 Å². The van der Waals surface area contributed by atoms with E-state index in [9.17, 15) is 35.1 Å². The number of carbonyl (C=O) groups is 2. The van der Waals surface area contributed by atoms with Crippen LogP contribution in [-0.2, 0) is 23.8 Å². The van der Waals surface area contributed by atoms with Crippen LogP contribution < -0.4 is 5.32 Å². The van der Waals surface area contributed by atoms with Gasteiger partial charge in [0.2, 0.25) is 5.91 Å². The van der Waals surface area contributed by atoms with Crippen LogP contribution in [0.25, 0.3) is 0 Å². The Kier molecular flexibility index (Phi) is 42.8. The number of ether oxygens (including phenoxy) is 3. The van der Waals surface area contributed by atoms with Crippen LogP contribution in [0, 0.1) is 0 Å². The molecule has 0 aromatic carbocycles. The second kappa shape index (κ2) is 46.8. The van der Waals surface area contributed by atoms with E-state index in [0.717, 1.165) is 83.5 Å². The van der Waals surface area contributed by atoms with E-state index in [1.54, 1.807) is 6.08 Å². The first-order valence-electron chi connectivity index (χ1n) is 27.0. The summed E-state index contributed by atoms with van der Waals surface area (Å²) >= 11 is 0. The molecule has 1 fully saturated rings. The van der Waals surface area contributed by atoms with Crippen LogP contribution in [-0.4, -0.2) is 99.6 Å². The van der Waals surface area contributed by atoms with Crippen molar-refractivity contribution >= 4 is 11.9 Å². The fraction of sp³-hybridized carbons (Fsp3) is 0.600. The van der Waals surface area contributed by atoms with Gasteiger partial charge in [0.25, 0.3) is 0 Å². The van der Waals surface area contributed by atoms with E-state index in [2.05, 4.69) is 86.8 Å². The highest BCUT2D eigenvalue weighted by Gasteiger charge is 2.47. The van der Waals surface area contributed by atoms with Gasteiger partial charge in [0.05, 0.1) is 25.4 Å². The van der Waals surface area contributed by atoms with E-state index < -0.39 is 67.4 Å². The van der Waals surface area contributed by atoms with Crippen LogP contribution in [0.15, 0.2) is 134 Å². The molecule has 8 atom stereocenters. The lowest BCUT2D eigenvalue weighted by Crippen LogP contribution is -2.61. The van der Waals surface area contributed by atoms with Crippen molar-refractivity contribution in [1.29, 1.82) is 0 Å². The number of allylic oxidation sites excluding steroid dienone is 21. The van der Waals surface area contributed by atoms with Gasteiger partial charge >= 0.3 is 5.97 Å². The number of hydrogen-bond donors (Lipinski definition) is 6. The molecule has 11 nitrogen and oxygen atoms in total. The molecule has 0 aliphatic carbocycles. The highest BCUT2D eigenvalue weighted by atomic mass is 16.7. The number of hydrogen-bond acceptors (Lipinski definition) is 10. The van der Waals surface area contributed by atoms with E-state index in [4.69, 9.17) is 14.2 Å². The SMILES string of the molecule is CC/C=C\C/C=C\C/C=C\C/C=C\C/C=C\CCC(O)C(=O)NC(COC1OC(CO)C(O)C(O)C1OC(=O)CCCCC/C=C/C=C\C=C/C=C/C=C/CC)C(O)/C=C/CCCCCCCCCCC. The van der Waals surface area contributed by atoms with Crippen molar-refractivity contribution in [2.24, 2.45) is 0 Å². The summed E-state index contributed by atoms with van der Waals surface area (Å²) in [7, 11) is 0. The number of unbranched alkanes of at least 4 members (excludes halogenated alkanes) is 12. The van der Waals surface area contributed by atoms with Crippen LogP contribution in [0.3, 0.4) is 0 Å². The highest BCUT2D eigenvalue weighted by Crippen LogP contribution is 2.26. The summed E-state index contributed by atoms with van der Waals surface area (Å²) in [5.74, 6) is -1.32. The van der Waals surface area contributed by atoms with Gasteiger partial charge in [-0.2, -0.15) is 0 Å². The van der Waals surface area contributed by atoms with E-state index in [0.29, 0.717) is 12.8 Å². The number of amides is 1. The number of esters is 1. The summed E-state index contributed by atoms with van der Waals surface area (Å²) in [4.78, 5) is 26.4. The minimum Gasteiger partial charge on any atom is -0.454 e. The van der Waals surface area contributed by atoms with Crippen molar-refractivity contribution < 1.29 is 49.3 Å². The fourth-order valence-electron chi connectivity index (χ4n) is 7.41. The van der Waals surface area contributed by atoms with Gasteiger partial charge in [0.15, 0.2) is 12.4 Å². The smallest absolute Gasteiger partial charge is 0.306 e. The molecule has 1 rings (SSSR count). The van der Waals surface area contributed by atoms with Crippen molar-refractivity contribution in [2.45, 2.75) is 217 Å². The summed E-state index contributed by atoms with van der Waals surface area (Å²) in [5, 5.41) is 56.6. The van der Waals surface area contributed by atoms with Crippen LogP contribution in [0.5, 0.6) is 0 Å². The molecule has 0 aromatic heterocycles. The summed E-state index contributed by atoms with van der Waals surface area (Å²) in [6.45, 7) is 5.41. The first-order chi connectivity index (χ1) is 34.7. The third-order valence-corrected chi connectivity index (χ3v) is 11.7. The average molecular weight is 990 g/mol. The summed E-state index contributed by atoms with van der Waals surface area (Å²) in [5.41, 5.74) is 0. The molecule has 1 amide bonds. The monoisotopic (exact) mass is 990 g/mol. The quantitative estimate of drug-likeness (QED) is 0.0149. The molecule has 1 aliphatic heterocycles. The Morgan fingerprint density at radius 2 is 1.08 bits per heavy atom. The van der Waals surface area contributed by atoms with Crippen molar-refractivity contribution in [3.05, 3.63) is 134 Å². The zero-order chi connectivity index (χ0) is 51.8. The highest BCUT2D eigenvalue weighted by molar-refractivity contribution is 5.80. The first kappa shape index (κ1) is 64.8. The first-order valence-corrected chi connectivity index (χ1v) is 27.0. The van der Waals surface area contributed by atoms with Gasteiger partial charge in [0, 0.05) is 6.42 Å². The second-order valence-electron chi connectivity index (χ2n) is 18.0. The Hall–Kier alpha value is -4.20. The standard InChI is InChI=1S/C60H95NO10/c1-4-7-10-13-16-19-22-24-26-28-29-32-35-38-41-44-47-53(64)59(68)61-51(52(63)46-43-40-37-34-31-21-18-15-12-9-6-3)50-69-60-58(57(67)56(66)54(49-62)70-60)71-55(65)48-45-42-39-36-33-30-27-25-23-20-17-14-11-8-5-2/h7-8,10-11,14,16-17,19-20,23-27,29-30,32-33,38,41,43,46,51-54,56-58,60,62-64,66-67H,4-6,9,12-13,15,18,21-22,28,31,34-37,39-40,42,44-45,47-50H2,1-3H3,(H,61,68)/b10-7-,11-8+,17-14+,19-16-,23-20-,26-24-,27-25-,32-29-,33-30+,41-38-,46-43+. The van der Waals surface area contributed by atoms with E-state index in [1.165, 1.54) is 38.5 Å². The largest absolute Gasteiger partial charge is 0.454 e. The Bertz CT molecular complexity index is 1650. The minimum absolute atomic E-state index is 0.0590. The molecule has 0 radical (unpaired) electrons. The number of carbonyl (C=O) groups excluding carboxylic acids is 2. The third kappa shape index (κ3) is 35.5. The molecule has 0 bridgehead atoms. The van der Waals surface area contributed by atoms with Gasteiger partial charge in [-0.1, -0.05) is 212 Å². The van der Waals surface area contributed by atoms with E-state index >= 15 is 0 Å². The lowest BCUT2D eigenvalue weighted by molar-refractivity contribution is -0.305. The predicted octanol–water partition coefficient (Wildman–Crippen LogP) is 11.7. The number of nitrogens with one attached hydrogen (secondary N) is 1. The molecule has 6 N–H and O–H groups in total. The normalized spacial score (nSPS) is 20.7. The van der Waals surface area contributed by atoms with Crippen LogP contribution in [0.1, 0.15) is 168 Å². The molecule has 71 heavy (non-hydrogen) atoms. The van der Waals surface area contributed by atoms with Gasteiger partial charge in [0.1, 0.15) is 24.4 Å². The van der Waals surface area contributed by atoms with Gasteiger partial charge in [-0.3, -0.25) is 9.59 Å². The zero-order valence-corrected chi connectivity index (χ0v) is 43.8. The molecular weight excluding hydrogens is 895 g/mol. The Morgan fingerprint density at radius 1 is 0.577 bits per heavy atom. The second-order valence-corrected chi connectivity index (χ2v) is 18.0. The number of rotatable bonds is 42. The van der Waals surface area contributed by atoms with Gasteiger partial charge in [-0.25, -0.2) is 0 Å². The van der Waals surface area contributed by atoms with Crippen molar-refractivity contribution in [1.82, 2.24) is 5.32 Å². The third-order valence-electron chi connectivity index (χ3n) is 11.7. The summed E-state index contributed by atoms with van der Waals surface area (Å²) in [6.07, 6.45) is 55.1. The maximum atomic E-state index is 13.3. The topological polar surface area (TPSA) is 175 Å². The van der Waals surface area contributed by atoms with Crippen molar-refractivity contribution in [3.63, 3.8) is 0 Å². The average Bonchev–Trinajstić information content (AvgIpc) is 3.37. The predicted molar refractivity (Wildman–Crippen MR) is 291 cm³/mol. The van der Waals surface area contributed by atoms with Gasteiger partial charge < -0.3 is 45.1 Å². The Balaban J connectivity index is 2.84. The molecule has 1 heterocycles. The number of aliphatic hydroxyl groups is 5. The molecule has 11 heteroatoms. The van der Waals surface area contributed by atoms with E-state index in [1.807, 2.05) is 66.8 Å². The van der Waals surface area contributed by atoms with Gasteiger partial charge in [-0.05, 0) is 83.5 Å². The molecule has 0 aromatic rings. The van der Waals surface area contributed by atoms with Crippen LogP contribution in [0.4, 0.5) is 0 Å². The fourth-order valence-corrected chi connectivity index (χ4v) is 7.41. The van der Waals surface area contributed by atoms with Gasteiger partial charge in [-0.15, -0.1) is 0 Å². The molecule has 400 valence electrons. The maximum Gasteiger partial charge on any atom is 0.306 e. The Morgan fingerprint density at radius 3 is 1.66 bits per heavy atom. The van der Waals surface area contributed by atoms with Crippen LogP contribution in [0.2, 0.25) is 0 Å². The maximum absolute atomic E-state index is 13.3. The van der Waals surface area contributed by atoms with Crippen molar-refractivity contribution in [3.8, 4) is 0 Å². The van der Waals surface area contributed by atoms with Crippen LogP contribution >= 0.6 is 0 Å². The molecule has 1 aliphatic rings. The molecule has 0 spiro atoms. The number of aliphatic hydroxyl groups excluding tert-OH is 5. The zero-order valence-electron chi connectivity index (χ0n) is 43.8. The minimum atomic E-state index is -1.65. The summed E-state index contributed by atoms with van der Waals surface area (Å²) in [6, 6.07) is -1.07. The van der Waals surface area contributed by atoms with E-state index in [-0.39, 0.29) is 19.4 Å². The molecule has 0 saturated carbocycles. The molecule has 8 unspecified atom stereocenters.